The van der Waals surface area contributed by atoms with Gasteiger partial charge in [0.05, 0.1) is 31.8 Å². The van der Waals surface area contributed by atoms with E-state index in [1.165, 1.54) is 42.2 Å². The van der Waals surface area contributed by atoms with Gasteiger partial charge in [-0.05, 0) is 38.5 Å². The maximum atomic E-state index is 12.8. The van der Waals surface area contributed by atoms with E-state index in [1.54, 1.807) is 7.05 Å². The minimum Gasteiger partial charge on any atom is -0.497 e. The molecule has 0 fully saturated rings. The number of ether oxygens (including phenoxy) is 3. The smallest absolute Gasteiger partial charge is 0.416 e. The highest BCUT2D eigenvalue weighted by atomic mass is 35.5. The number of hydrogen-bond acceptors (Lipinski definition) is 8. The molecule has 11 nitrogen and oxygen atoms in total. The quantitative estimate of drug-likeness (QED) is 0.357. The largest absolute Gasteiger partial charge is 0.497 e. The number of halogens is 1. The van der Waals surface area contributed by atoms with E-state index in [4.69, 9.17) is 25.8 Å². The predicted molar refractivity (Wildman–Crippen MR) is 156 cm³/mol. The van der Waals surface area contributed by atoms with Gasteiger partial charge in [0.2, 0.25) is 15.9 Å². The van der Waals surface area contributed by atoms with Gasteiger partial charge in [-0.2, -0.15) is 4.31 Å². The Labute approximate surface area is 246 Å². The van der Waals surface area contributed by atoms with E-state index in [9.17, 15) is 18.0 Å². The molecule has 0 N–H and O–H groups in total. The Morgan fingerprint density at radius 3 is 2.39 bits per heavy atom. The molecule has 1 aliphatic rings. The molecule has 0 aliphatic carbocycles. The molecular weight excluding hydrogens is 572 g/mol. The topological polar surface area (TPSA) is 118 Å². The average Bonchev–Trinajstić information content (AvgIpc) is 3.40. The third kappa shape index (κ3) is 8.65. The molecule has 0 spiro atoms. The van der Waals surface area contributed by atoms with E-state index >= 15 is 0 Å². The third-order valence-electron chi connectivity index (χ3n) is 6.12. The first kappa shape index (κ1) is 32.3. The van der Waals surface area contributed by atoms with Gasteiger partial charge in [-0.3, -0.25) is 14.7 Å². The van der Waals surface area contributed by atoms with Gasteiger partial charge in [0.1, 0.15) is 28.7 Å². The first-order valence-electron chi connectivity index (χ1n) is 13.0. The highest BCUT2D eigenvalue weighted by Gasteiger charge is 2.29. The van der Waals surface area contributed by atoms with E-state index in [0.717, 1.165) is 15.4 Å². The van der Waals surface area contributed by atoms with Crippen molar-refractivity contribution in [3.05, 3.63) is 58.6 Å². The van der Waals surface area contributed by atoms with Crippen LogP contribution in [0.25, 0.3) is 0 Å². The van der Waals surface area contributed by atoms with Crippen LogP contribution in [0.1, 0.15) is 31.9 Å². The van der Waals surface area contributed by atoms with Crippen molar-refractivity contribution in [2.45, 2.75) is 37.8 Å². The van der Waals surface area contributed by atoms with Gasteiger partial charge in [-0.1, -0.05) is 35.9 Å². The van der Waals surface area contributed by atoms with Crippen molar-refractivity contribution in [2.24, 2.45) is 4.99 Å². The van der Waals surface area contributed by atoms with Crippen molar-refractivity contribution in [1.29, 1.82) is 0 Å². The normalized spacial score (nSPS) is 13.8. The van der Waals surface area contributed by atoms with Crippen LogP contribution in [0.4, 0.5) is 4.79 Å². The number of benzene rings is 2. The number of rotatable bonds is 11. The van der Waals surface area contributed by atoms with Crippen LogP contribution in [0.15, 0.2) is 52.4 Å². The molecule has 1 heterocycles. The maximum Gasteiger partial charge on any atom is 0.416 e. The van der Waals surface area contributed by atoms with Gasteiger partial charge in [-0.15, -0.1) is 0 Å². The highest BCUT2D eigenvalue weighted by molar-refractivity contribution is 7.89. The Kier molecular flexibility index (Phi) is 10.8. The lowest BCUT2D eigenvalue weighted by atomic mass is 10.1. The van der Waals surface area contributed by atoms with Crippen LogP contribution in [0.5, 0.6) is 5.75 Å². The minimum absolute atomic E-state index is 0.0219. The summed E-state index contributed by atoms with van der Waals surface area (Å²) in [7, 11) is 0.697. The standard InChI is InChI=1S/C28H37ClN4O7S/c1-28(2,3)40-27(35)33-14-13-30-26(33)21-9-7-20(8-10-21)18-31(4)25(34)19-39-16-15-32(5)41(36,37)24-12-11-22(38-6)17-23(24)29/h7-12,17H,13-16,18-19H2,1-6H3. The van der Waals surface area contributed by atoms with Crippen LogP contribution in [-0.4, -0.2) is 100 Å². The number of amides is 2. The lowest BCUT2D eigenvalue weighted by Crippen LogP contribution is -2.39. The number of aliphatic imine (C=N–C) groups is 1. The Balaban J connectivity index is 1.47. The van der Waals surface area contributed by atoms with Crippen LogP contribution in [0.2, 0.25) is 5.02 Å². The van der Waals surface area contributed by atoms with Crippen LogP contribution in [0, 0.1) is 0 Å². The zero-order chi connectivity index (χ0) is 30.4. The highest BCUT2D eigenvalue weighted by Crippen LogP contribution is 2.28. The van der Waals surface area contributed by atoms with Crippen LogP contribution >= 0.6 is 11.6 Å². The molecule has 0 bridgehead atoms. The molecule has 0 saturated carbocycles. The van der Waals surface area contributed by atoms with Crippen molar-refractivity contribution in [3.8, 4) is 5.75 Å². The number of likely N-dealkylation sites (N-methyl/N-ethyl adjacent to an activating group) is 2. The Bertz CT molecular complexity index is 1370. The summed E-state index contributed by atoms with van der Waals surface area (Å²) in [5, 5.41) is 0.0542. The molecule has 0 radical (unpaired) electrons. The Hall–Kier alpha value is -3.19. The second kappa shape index (κ2) is 13.6. The number of hydrogen-bond donors (Lipinski definition) is 0. The summed E-state index contributed by atoms with van der Waals surface area (Å²) in [6.07, 6.45) is -0.434. The number of nitrogens with zero attached hydrogens (tertiary/aromatic N) is 4. The lowest BCUT2D eigenvalue weighted by molar-refractivity contribution is -0.135. The lowest BCUT2D eigenvalue weighted by Gasteiger charge is -2.25. The Morgan fingerprint density at radius 1 is 1.10 bits per heavy atom. The first-order valence-corrected chi connectivity index (χ1v) is 14.8. The molecule has 2 aromatic rings. The summed E-state index contributed by atoms with van der Waals surface area (Å²) in [6.45, 7) is 6.62. The first-order chi connectivity index (χ1) is 19.2. The summed E-state index contributed by atoms with van der Waals surface area (Å²) in [5.74, 6) is 0.755. The summed E-state index contributed by atoms with van der Waals surface area (Å²) in [5.41, 5.74) is 1.06. The van der Waals surface area contributed by atoms with E-state index in [-0.39, 0.29) is 35.6 Å². The number of methoxy groups -OCH3 is 1. The molecule has 0 aromatic heterocycles. The van der Waals surface area contributed by atoms with Crippen molar-refractivity contribution in [3.63, 3.8) is 0 Å². The average molecular weight is 609 g/mol. The van der Waals surface area contributed by atoms with E-state index in [0.29, 0.717) is 31.2 Å². The molecule has 13 heteroatoms. The summed E-state index contributed by atoms with van der Waals surface area (Å²) < 4.78 is 42.8. The molecule has 224 valence electrons. The van der Waals surface area contributed by atoms with Crippen LogP contribution in [-0.2, 0) is 30.8 Å². The zero-order valence-electron chi connectivity index (χ0n) is 24.2. The predicted octanol–water partition coefficient (Wildman–Crippen LogP) is 3.64. The fourth-order valence-electron chi connectivity index (χ4n) is 3.88. The Morgan fingerprint density at radius 2 is 1.78 bits per heavy atom. The zero-order valence-corrected chi connectivity index (χ0v) is 25.8. The molecule has 0 unspecified atom stereocenters. The number of sulfonamides is 1. The summed E-state index contributed by atoms with van der Waals surface area (Å²) in [4.78, 5) is 32.6. The van der Waals surface area contributed by atoms with Crippen molar-refractivity contribution >= 4 is 39.5 Å². The van der Waals surface area contributed by atoms with Crippen LogP contribution in [0.3, 0.4) is 0 Å². The fourth-order valence-corrected chi connectivity index (χ4v) is 5.54. The van der Waals surface area contributed by atoms with Crippen molar-refractivity contribution < 1.29 is 32.2 Å². The number of carbonyl (C=O) groups is 2. The fraction of sp³-hybridized carbons (Fsp3) is 0.464. The minimum atomic E-state index is -3.85. The second-order valence-electron chi connectivity index (χ2n) is 10.5. The molecule has 1 aliphatic heterocycles. The van der Waals surface area contributed by atoms with Crippen LogP contribution < -0.4 is 4.74 Å². The van der Waals surface area contributed by atoms with Gasteiger partial charge in [0, 0.05) is 38.8 Å². The SMILES string of the molecule is COc1ccc(S(=O)(=O)N(C)CCOCC(=O)N(C)Cc2ccc(C3=NCCN3C(=O)OC(C)(C)C)cc2)c(Cl)c1. The van der Waals surface area contributed by atoms with Gasteiger partial charge in [-0.25, -0.2) is 13.2 Å². The third-order valence-corrected chi connectivity index (χ3v) is 8.46. The number of carbonyl (C=O) groups excluding carboxylic acids is 2. The maximum absolute atomic E-state index is 12.8. The molecule has 2 aromatic carbocycles. The number of amidine groups is 1. The second-order valence-corrected chi connectivity index (χ2v) is 12.9. The summed E-state index contributed by atoms with van der Waals surface area (Å²) in [6, 6.07) is 11.8. The molecule has 0 saturated heterocycles. The van der Waals surface area contributed by atoms with Gasteiger partial charge < -0.3 is 19.1 Å². The molecular formula is C28H37ClN4O7S. The summed E-state index contributed by atoms with van der Waals surface area (Å²) >= 11 is 6.13. The molecule has 0 atom stereocenters. The van der Waals surface area contributed by atoms with E-state index in [1.807, 2.05) is 45.0 Å². The molecule has 3 rings (SSSR count). The van der Waals surface area contributed by atoms with E-state index < -0.39 is 21.7 Å². The van der Waals surface area contributed by atoms with E-state index in [2.05, 4.69) is 4.99 Å². The molecule has 2 amide bonds. The van der Waals surface area contributed by atoms with Gasteiger partial charge in [0.25, 0.3) is 0 Å². The van der Waals surface area contributed by atoms with Crippen molar-refractivity contribution in [1.82, 2.24) is 14.1 Å². The van der Waals surface area contributed by atoms with Gasteiger partial charge in [0.15, 0.2) is 0 Å². The van der Waals surface area contributed by atoms with Crippen molar-refractivity contribution in [2.75, 3.05) is 54.1 Å². The molecule has 41 heavy (non-hydrogen) atoms. The monoisotopic (exact) mass is 608 g/mol. The van der Waals surface area contributed by atoms with Gasteiger partial charge >= 0.3 is 6.09 Å².